The number of fused-ring (bicyclic) bond motifs is 1. The van der Waals surface area contributed by atoms with E-state index in [1.54, 1.807) is 0 Å². The van der Waals surface area contributed by atoms with Gasteiger partial charge in [0.25, 0.3) is 5.91 Å². The molecule has 8 heteroatoms. The highest BCUT2D eigenvalue weighted by molar-refractivity contribution is 7.08. The molecule has 0 spiro atoms. The third-order valence-corrected chi connectivity index (χ3v) is 7.10. The van der Waals surface area contributed by atoms with E-state index in [0.29, 0.717) is 5.56 Å². The van der Waals surface area contributed by atoms with E-state index in [0.717, 1.165) is 59.8 Å². The summed E-state index contributed by atoms with van der Waals surface area (Å²) in [6.45, 7) is 3.64. The van der Waals surface area contributed by atoms with Crippen LogP contribution in [0.25, 0.3) is 22.2 Å². The first-order chi connectivity index (χ1) is 17.7. The van der Waals surface area contributed by atoms with Gasteiger partial charge in [-0.25, -0.2) is 4.98 Å². The van der Waals surface area contributed by atoms with Gasteiger partial charge in [-0.1, -0.05) is 18.2 Å². The Balaban J connectivity index is 1.17. The number of hydrogen-bond acceptors (Lipinski definition) is 7. The molecule has 1 N–H and O–H groups in total. The normalized spacial score (nSPS) is 13.7. The number of benzene rings is 2. The van der Waals surface area contributed by atoms with Gasteiger partial charge < -0.3 is 15.1 Å². The molecule has 0 aliphatic carbocycles. The average molecular weight is 493 g/mol. The molecule has 1 aliphatic rings. The number of thiophene rings is 1. The maximum absolute atomic E-state index is 12.3. The van der Waals surface area contributed by atoms with Gasteiger partial charge >= 0.3 is 0 Å². The van der Waals surface area contributed by atoms with E-state index in [1.807, 2.05) is 65.7 Å². The summed E-state index contributed by atoms with van der Waals surface area (Å²) in [7, 11) is 0. The van der Waals surface area contributed by atoms with Gasteiger partial charge in [0, 0.05) is 55.3 Å². The van der Waals surface area contributed by atoms with Crippen LogP contribution in [0, 0.1) is 0 Å². The molecule has 0 saturated carbocycles. The highest BCUT2D eigenvalue weighted by atomic mass is 32.1. The Morgan fingerprint density at radius 3 is 2.33 bits per heavy atom. The van der Waals surface area contributed by atoms with E-state index in [9.17, 15) is 4.79 Å². The van der Waals surface area contributed by atoms with E-state index in [1.165, 1.54) is 17.0 Å². The van der Waals surface area contributed by atoms with Gasteiger partial charge in [0.15, 0.2) is 0 Å². The fourth-order valence-corrected chi connectivity index (χ4v) is 5.06. The number of anilines is 3. The Morgan fingerprint density at radius 1 is 0.833 bits per heavy atom. The molecule has 0 unspecified atom stereocenters. The van der Waals surface area contributed by atoms with Crippen molar-refractivity contribution in [2.75, 3.05) is 41.3 Å². The van der Waals surface area contributed by atoms with Gasteiger partial charge in [-0.05, 0) is 59.0 Å². The first-order valence-electron chi connectivity index (χ1n) is 11.8. The van der Waals surface area contributed by atoms with E-state index in [4.69, 9.17) is 4.98 Å². The minimum Gasteiger partial charge on any atom is -0.368 e. The second-order valence-electron chi connectivity index (χ2n) is 8.65. The van der Waals surface area contributed by atoms with Gasteiger partial charge in [0.05, 0.1) is 22.8 Å². The number of amides is 1. The van der Waals surface area contributed by atoms with Crippen molar-refractivity contribution >= 4 is 45.5 Å². The Morgan fingerprint density at radius 2 is 1.58 bits per heavy atom. The lowest BCUT2D eigenvalue weighted by atomic mass is 10.0. The number of rotatable bonds is 5. The molecule has 1 aliphatic heterocycles. The van der Waals surface area contributed by atoms with E-state index >= 15 is 0 Å². The highest BCUT2D eigenvalue weighted by Gasteiger charge is 2.19. The van der Waals surface area contributed by atoms with Crippen molar-refractivity contribution in [3.63, 3.8) is 0 Å². The predicted octanol–water partition coefficient (Wildman–Crippen LogP) is 5.33. The molecular weight excluding hydrogens is 468 g/mol. The second kappa shape index (κ2) is 9.75. The van der Waals surface area contributed by atoms with Gasteiger partial charge in [0.1, 0.15) is 5.82 Å². The summed E-state index contributed by atoms with van der Waals surface area (Å²) in [6, 6.07) is 20.0. The van der Waals surface area contributed by atoms with Crippen molar-refractivity contribution in [2.24, 2.45) is 0 Å². The summed E-state index contributed by atoms with van der Waals surface area (Å²) in [5.41, 5.74) is 6.51. The van der Waals surface area contributed by atoms with Gasteiger partial charge in [-0.15, -0.1) is 0 Å². The minimum absolute atomic E-state index is 0.0980. The van der Waals surface area contributed by atoms with Crippen LogP contribution in [0.2, 0.25) is 0 Å². The minimum atomic E-state index is -0.0980. The molecule has 36 heavy (non-hydrogen) atoms. The van der Waals surface area contributed by atoms with Gasteiger partial charge in [-0.3, -0.25) is 14.8 Å². The molecule has 4 heterocycles. The monoisotopic (exact) mass is 492 g/mol. The molecule has 178 valence electrons. The molecule has 5 aromatic rings. The van der Waals surface area contributed by atoms with Crippen LogP contribution in [0.4, 0.5) is 17.2 Å². The number of nitrogens with zero attached hydrogens (tertiary/aromatic N) is 5. The van der Waals surface area contributed by atoms with Crippen LogP contribution >= 0.6 is 11.3 Å². The summed E-state index contributed by atoms with van der Waals surface area (Å²) in [6.07, 6.45) is 5.54. The second-order valence-corrected chi connectivity index (χ2v) is 9.43. The molecule has 0 atom stereocenters. The number of nitrogens with one attached hydrogen (secondary N) is 1. The SMILES string of the molecule is O=C(Nc1ccc(-c2ccc3ncc(N4CCN(c5ccncc5)CC4)nc3c2)cc1)c1ccsc1. The molecule has 2 aromatic carbocycles. The van der Waals surface area contributed by atoms with E-state index < -0.39 is 0 Å². The zero-order valence-corrected chi connectivity index (χ0v) is 20.4. The first kappa shape index (κ1) is 22.2. The van der Waals surface area contributed by atoms with Crippen molar-refractivity contribution < 1.29 is 4.79 Å². The number of hydrogen-bond donors (Lipinski definition) is 1. The molecule has 0 bridgehead atoms. The van der Waals surface area contributed by atoms with Crippen LogP contribution in [-0.2, 0) is 0 Å². The predicted molar refractivity (Wildman–Crippen MR) is 146 cm³/mol. The maximum atomic E-state index is 12.3. The Kier molecular flexibility index (Phi) is 6.01. The number of carbonyl (C=O) groups excluding carboxylic acids is 1. The lowest BCUT2D eigenvalue weighted by molar-refractivity contribution is 0.102. The van der Waals surface area contributed by atoms with Crippen LogP contribution in [0.3, 0.4) is 0 Å². The fourth-order valence-electron chi connectivity index (χ4n) is 4.43. The average Bonchev–Trinajstić information content (AvgIpc) is 3.49. The Bertz CT molecular complexity index is 1480. The smallest absolute Gasteiger partial charge is 0.256 e. The molecular formula is C28H24N6OS. The largest absolute Gasteiger partial charge is 0.368 e. The molecule has 1 amide bonds. The third-order valence-electron chi connectivity index (χ3n) is 6.42. The molecule has 7 nitrogen and oxygen atoms in total. The summed E-state index contributed by atoms with van der Waals surface area (Å²) in [5, 5.41) is 6.68. The summed E-state index contributed by atoms with van der Waals surface area (Å²) in [5.74, 6) is 0.805. The zero-order valence-electron chi connectivity index (χ0n) is 19.5. The standard InChI is InChI=1S/C28H24N6OS/c35-28(22-9-16-36-19-22)31-23-4-1-20(2-5-23)21-3-6-25-26(17-21)32-27(18-30-25)34-14-12-33(13-15-34)24-7-10-29-11-8-24/h1-11,16-19H,12-15H2,(H,31,35). The van der Waals surface area contributed by atoms with Crippen molar-refractivity contribution in [1.29, 1.82) is 0 Å². The number of pyridine rings is 1. The van der Waals surface area contributed by atoms with E-state index in [-0.39, 0.29) is 5.91 Å². The number of carbonyl (C=O) groups is 1. The van der Waals surface area contributed by atoms with Crippen LogP contribution in [0.5, 0.6) is 0 Å². The fraction of sp³-hybridized carbons (Fsp3) is 0.143. The lowest BCUT2D eigenvalue weighted by Gasteiger charge is -2.36. The summed E-state index contributed by atoms with van der Waals surface area (Å²) >= 11 is 1.51. The van der Waals surface area contributed by atoms with Crippen molar-refractivity contribution in [3.8, 4) is 11.1 Å². The molecule has 3 aromatic heterocycles. The van der Waals surface area contributed by atoms with Crippen LogP contribution in [-0.4, -0.2) is 47.0 Å². The van der Waals surface area contributed by atoms with Gasteiger partial charge in [0.2, 0.25) is 0 Å². The molecule has 1 fully saturated rings. The van der Waals surface area contributed by atoms with Crippen LogP contribution in [0.1, 0.15) is 10.4 Å². The molecule has 6 rings (SSSR count). The first-order valence-corrected chi connectivity index (χ1v) is 12.8. The topological polar surface area (TPSA) is 74.2 Å². The van der Waals surface area contributed by atoms with Crippen molar-refractivity contribution in [3.05, 3.63) is 95.6 Å². The van der Waals surface area contributed by atoms with Crippen LogP contribution < -0.4 is 15.1 Å². The molecule has 1 saturated heterocycles. The number of piperazine rings is 1. The summed E-state index contributed by atoms with van der Waals surface area (Å²) in [4.78, 5) is 30.7. The Hall–Kier alpha value is -4.30. The third kappa shape index (κ3) is 4.63. The van der Waals surface area contributed by atoms with Crippen molar-refractivity contribution in [2.45, 2.75) is 0 Å². The Labute approximate surface area is 213 Å². The molecule has 0 radical (unpaired) electrons. The highest BCUT2D eigenvalue weighted by Crippen LogP contribution is 2.26. The lowest BCUT2D eigenvalue weighted by Crippen LogP contribution is -2.46. The zero-order chi connectivity index (χ0) is 24.3. The van der Waals surface area contributed by atoms with Crippen molar-refractivity contribution in [1.82, 2.24) is 15.0 Å². The maximum Gasteiger partial charge on any atom is 0.256 e. The number of aromatic nitrogens is 3. The van der Waals surface area contributed by atoms with Gasteiger partial charge in [-0.2, -0.15) is 11.3 Å². The van der Waals surface area contributed by atoms with Crippen LogP contribution in [0.15, 0.2) is 90.0 Å². The van der Waals surface area contributed by atoms with E-state index in [2.05, 4.69) is 49.4 Å². The quantitative estimate of drug-likeness (QED) is 0.357. The summed E-state index contributed by atoms with van der Waals surface area (Å²) < 4.78 is 0.